The Morgan fingerprint density at radius 3 is 2.74 bits per heavy atom. The quantitative estimate of drug-likeness (QED) is 0.281. The molecule has 0 saturated carbocycles. The number of aryl methyl sites for hydroxylation is 1. The molecule has 0 bridgehead atoms. The molecule has 2 aliphatic rings. The summed E-state index contributed by atoms with van der Waals surface area (Å²) in [5.41, 5.74) is 3.46. The summed E-state index contributed by atoms with van der Waals surface area (Å²) in [5.74, 6) is 1.53. The Bertz CT molecular complexity index is 1610. The number of anilines is 1. The van der Waals surface area contributed by atoms with Crippen LogP contribution < -0.4 is 5.32 Å². The lowest BCUT2D eigenvalue weighted by atomic mass is 9.95. The number of alkyl halides is 3. The van der Waals surface area contributed by atoms with Crippen LogP contribution >= 0.6 is 35.2 Å². The minimum atomic E-state index is -4.42. The largest absolute Gasteiger partial charge is 0.416 e. The Morgan fingerprint density at radius 2 is 1.95 bits per heavy atom. The number of fused-ring (bicyclic) bond motifs is 5. The van der Waals surface area contributed by atoms with Gasteiger partial charge in [0, 0.05) is 33.3 Å². The lowest BCUT2D eigenvalue weighted by molar-refractivity contribution is -0.137. The number of thiophene rings is 1. The Kier molecular flexibility index (Phi) is 6.24. The fourth-order valence-electron chi connectivity index (χ4n) is 4.81. The summed E-state index contributed by atoms with van der Waals surface area (Å²) in [6.07, 6.45) is -3.74. The van der Waals surface area contributed by atoms with Crippen molar-refractivity contribution in [2.75, 3.05) is 11.9 Å². The zero-order valence-electron chi connectivity index (χ0n) is 20.0. The van der Waals surface area contributed by atoms with Crippen molar-refractivity contribution >= 4 is 51.7 Å². The van der Waals surface area contributed by atoms with E-state index < -0.39 is 11.7 Å². The van der Waals surface area contributed by atoms with E-state index in [9.17, 15) is 13.2 Å². The van der Waals surface area contributed by atoms with Crippen molar-refractivity contribution in [3.8, 4) is 5.00 Å². The Morgan fingerprint density at radius 1 is 1.13 bits per heavy atom. The van der Waals surface area contributed by atoms with Crippen LogP contribution in [0.2, 0.25) is 5.02 Å². The molecule has 0 radical (unpaired) electrons. The van der Waals surface area contributed by atoms with Gasteiger partial charge in [0.25, 0.3) is 0 Å². The lowest BCUT2D eigenvalue weighted by Gasteiger charge is -2.30. The molecule has 6 nitrogen and oxygen atoms in total. The molecule has 4 heterocycles. The summed E-state index contributed by atoms with van der Waals surface area (Å²) in [7, 11) is 0. The van der Waals surface area contributed by atoms with Gasteiger partial charge in [-0.3, -0.25) is 9.56 Å². The van der Waals surface area contributed by atoms with E-state index in [1.54, 1.807) is 17.4 Å². The van der Waals surface area contributed by atoms with Crippen molar-refractivity contribution in [2.24, 2.45) is 4.99 Å². The molecule has 0 unspecified atom stereocenters. The van der Waals surface area contributed by atoms with Gasteiger partial charge in [-0.15, -0.1) is 21.5 Å². The molecule has 0 aliphatic carbocycles. The van der Waals surface area contributed by atoms with Crippen LogP contribution in [0.1, 0.15) is 38.8 Å². The number of thiocarbonyl (C=S) groups is 1. The van der Waals surface area contributed by atoms with Crippen LogP contribution in [-0.2, 0) is 25.7 Å². The first-order valence-corrected chi connectivity index (χ1v) is 13.4. The van der Waals surface area contributed by atoms with Crippen LogP contribution in [0.15, 0.2) is 53.5 Å². The number of hydrogen-bond donors (Lipinski definition) is 1. The van der Waals surface area contributed by atoms with Crippen LogP contribution in [0.25, 0.3) is 5.00 Å². The molecule has 2 aromatic heterocycles. The molecule has 2 aliphatic heterocycles. The summed E-state index contributed by atoms with van der Waals surface area (Å²) >= 11 is 13.9. The van der Waals surface area contributed by atoms with E-state index >= 15 is 0 Å². The van der Waals surface area contributed by atoms with Crippen molar-refractivity contribution in [2.45, 2.75) is 32.6 Å². The van der Waals surface area contributed by atoms with Gasteiger partial charge in [-0.2, -0.15) is 13.2 Å². The minimum Gasteiger partial charge on any atom is -0.344 e. The first-order chi connectivity index (χ1) is 18.2. The standard InChI is InChI=1S/C26H20ClF3N6S2/c1-14-33-34-21-12-31-23(17-7-2-3-8-19(17)27)22-18-9-10-35(13-20(18)38-24(22)36(14)21)25(37)32-16-6-4-5-15(11-16)26(28,29)30/h2-8,11H,9-10,12-13H2,1H3,(H,32,37). The number of benzene rings is 2. The van der Waals surface area contributed by atoms with Gasteiger partial charge < -0.3 is 10.2 Å². The normalized spacial score (nSPS) is 14.8. The molecule has 0 atom stereocenters. The van der Waals surface area contributed by atoms with Gasteiger partial charge in [0.15, 0.2) is 10.9 Å². The smallest absolute Gasteiger partial charge is 0.344 e. The topological polar surface area (TPSA) is 58.3 Å². The van der Waals surface area contributed by atoms with Crippen molar-refractivity contribution in [1.29, 1.82) is 0 Å². The third-order valence-corrected chi connectivity index (χ3v) is 8.50. The summed E-state index contributed by atoms with van der Waals surface area (Å²) in [6.45, 7) is 3.42. The van der Waals surface area contributed by atoms with Gasteiger partial charge in [0.2, 0.25) is 0 Å². The first kappa shape index (κ1) is 25.0. The predicted octanol–water partition coefficient (Wildman–Crippen LogP) is 6.42. The first-order valence-electron chi connectivity index (χ1n) is 11.8. The van der Waals surface area contributed by atoms with Gasteiger partial charge in [-0.25, -0.2) is 0 Å². The SMILES string of the molecule is Cc1nnc2n1-c1sc3c(c1C(c1ccccc1Cl)=NC2)CCN(C(=S)Nc1cccc(C(F)(F)F)c1)C3. The minimum absolute atomic E-state index is 0.301. The van der Waals surface area contributed by atoms with Crippen LogP contribution in [0, 0.1) is 6.92 Å². The molecule has 4 aromatic rings. The Balaban J connectivity index is 1.35. The van der Waals surface area contributed by atoms with Crippen LogP contribution in [0.5, 0.6) is 0 Å². The van der Waals surface area contributed by atoms with Crippen molar-refractivity contribution in [1.82, 2.24) is 19.7 Å². The fraction of sp³-hybridized carbons (Fsp3) is 0.231. The van der Waals surface area contributed by atoms with Gasteiger partial charge in [0.05, 0.1) is 17.8 Å². The molecule has 194 valence electrons. The van der Waals surface area contributed by atoms with E-state index in [1.807, 2.05) is 36.1 Å². The molecule has 0 saturated heterocycles. The summed E-state index contributed by atoms with van der Waals surface area (Å²) in [5, 5.41) is 13.6. The zero-order valence-corrected chi connectivity index (χ0v) is 22.4. The van der Waals surface area contributed by atoms with E-state index in [0.29, 0.717) is 41.9 Å². The number of nitrogens with zero attached hydrogens (tertiary/aromatic N) is 5. The number of aromatic nitrogens is 3. The maximum atomic E-state index is 13.2. The van der Waals surface area contributed by atoms with E-state index in [-0.39, 0.29) is 0 Å². The summed E-state index contributed by atoms with van der Waals surface area (Å²) in [4.78, 5) is 8.02. The highest BCUT2D eigenvalue weighted by atomic mass is 35.5. The van der Waals surface area contributed by atoms with Gasteiger partial charge in [0.1, 0.15) is 17.4 Å². The monoisotopic (exact) mass is 572 g/mol. The molecule has 0 spiro atoms. The van der Waals surface area contributed by atoms with E-state index in [0.717, 1.165) is 50.5 Å². The molecule has 0 fully saturated rings. The molecule has 12 heteroatoms. The molecular weight excluding hydrogens is 553 g/mol. The van der Waals surface area contributed by atoms with Gasteiger partial charge >= 0.3 is 6.18 Å². The fourth-order valence-corrected chi connectivity index (χ4v) is 6.75. The highest BCUT2D eigenvalue weighted by Crippen LogP contribution is 2.40. The molecule has 6 rings (SSSR count). The van der Waals surface area contributed by atoms with Crippen molar-refractivity contribution < 1.29 is 13.2 Å². The molecule has 38 heavy (non-hydrogen) atoms. The molecule has 2 aromatic carbocycles. The number of nitrogens with one attached hydrogen (secondary N) is 1. The number of halogens is 4. The van der Waals surface area contributed by atoms with Crippen LogP contribution in [0.4, 0.5) is 18.9 Å². The van der Waals surface area contributed by atoms with Crippen molar-refractivity contribution in [3.63, 3.8) is 0 Å². The van der Waals surface area contributed by atoms with Gasteiger partial charge in [-0.1, -0.05) is 35.9 Å². The maximum Gasteiger partial charge on any atom is 0.416 e. The zero-order chi connectivity index (χ0) is 26.6. The predicted molar refractivity (Wildman–Crippen MR) is 147 cm³/mol. The molecule has 0 amide bonds. The van der Waals surface area contributed by atoms with Gasteiger partial charge in [-0.05, 0) is 55.4 Å². The number of rotatable bonds is 2. The summed E-state index contributed by atoms with van der Waals surface area (Å²) < 4.78 is 41.5. The second kappa shape index (κ2) is 9.48. The van der Waals surface area contributed by atoms with Crippen molar-refractivity contribution in [3.05, 3.63) is 92.3 Å². The summed E-state index contributed by atoms with van der Waals surface area (Å²) in [6, 6.07) is 12.7. The Labute approximate surface area is 230 Å². The average molecular weight is 573 g/mol. The molecular formula is C26H20ClF3N6S2. The van der Waals surface area contributed by atoms with E-state index in [1.165, 1.54) is 11.6 Å². The molecule has 1 N–H and O–H groups in total. The average Bonchev–Trinajstić information content (AvgIpc) is 3.39. The third-order valence-electron chi connectivity index (χ3n) is 6.61. The number of aliphatic imine (C=N–C) groups is 1. The van der Waals surface area contributed by atoms with Crippen LogP contribution in [-0.4, -0.2) is 37.0 Å². The number of hydrogen-bond acceptors (Lipinski definition) is 5. The van der Waals surface area contributed by atoms with E-state index in [4.69, 9.17) is 28.8 Å². The second-order valence-corrected chi connectivity index (χ2v) is 10.9. The highest BCUT2D eigenvalue weighted by molar-refractivity contribution is 7.80. The second-order valence-electron chi connectivity index (χ2n) is 9.01. The Hall–Kier alpha value is -3.28. The lowest BCUT2D eigenvalue weighted by Crippen LogP contribution is -2.38. The third kappa shape index (κ3) is 4.38. The highest BCUT2D eigenvalue weighted by Gasteiger charge is 2.33. The van der Waals surface area contributed by atoms with E-state index in [2.05, 4.69) is 20.1 Å². The van der Waals surface area contributed by atoms with Crippen LogP contribution in [0.3, 0.4) is 0 Å². The maximum absolute atomic E-state index is 13.2.